The molecule has 0 aromatic heterocycles. The number of piperazine rings is 1. The smallest absolute Gasteiger partial charge is 0.338 e. The Kier molecular flexibility index (Phi) is 6.67. The highest BCUT2D eigenvalue weighted by Gasteiger charge is 2.35. The van der Waals surface area contributed by atoms with E-state index in [2.05, 4.69) is 51.6 Å². The number of amides is 2. The molecule has 8 heteroatoms. The summed E-state index contributed by atoms with van der Waals surface area (Å²) in [5.74, 6) is -0.490. The molecule has 1 fully saturated rings. The molecule has 0 bridgehead atoms. The van der Waals surface area contributed by atoms with E-state index in [0.717, 1.165) is 26.2 Å². The van der Waals surface area contributed by atoms with Crippen LogP contribution in [-0.4, -0.2) is 56.7 Å². The second-order valence-electron chi connectivity index (χ2n) is 8.04. The number of nitrogens with one attached hydrogen (secondary N) is 2. The molecule has 7 nitrogen and oxygen atoms in total. The molecule has 1 saturated heterocycles. The van der Waals surface area contributed by atoms with Crippen LogP contribution < -0.4 is 15.5 Å². The minimum atomic E-state index is -0.673. The first-order chi connectivity index (χ1) is 15.5. The first-order valence-corrected chi connectivity index (χ1v) is 11.0. The third kappa shape index (κ3) is 4.74. The van der Waals surface area contributed by atoms with Crippen LogP contribution in [0.15, 0.2) is 59.8 Å². The molecular weight excluding hydrogens is 428 g/mol. The van der Waals surface area contributed by atoms with Crippen LogP contribution in [0.4, 0.5) is 10.5 Å². The lowest BCUT2D eigenvalue weighted by atomic mass is 9.95. The van der Waals surface area contributed by atoms with Gasteiger partial charge in [-0.05, 0) is 36.2 Å². The number of halogens is 1. The van der Waals surface area contributed by atoms with Crippen LogP contribution in [0.1, 0.15) is 17.2 Å². The van der Waals surface area contributed by atoms with E-state index in [1.165, 1.54) is 18.4 Å². The SMILES string of the molecule is COC(=O)C1=C(CN2CCN(c3cccc(C)c3)CC2)NC(=O)NC1c1ccccc1Cl. The van der Waals surface area contributed by atoms with Crippen LogP contribution in [0.5, 0.6) is 0 Å². The fraction of sp³-hybridized carbons (Fsp3) is 0.333. The van der Waals surface area contributed by atoms with Crippen molar-refractivity contribution in [2.75, 3.05) is 44.7 Å². The number of anilines is 1. The average Bonchev–Trinajstić information content (AvgIpc) is 2.79. The quantitative estimate of drug-likeness (QED) is 0.678. The lowest BCUT2D eigenvalue weighted by Crippen LogP contribution is -2.51. The third-order valence-corrected chi connectivity index (χ3v) is 6.24. The molecule has 4 rings (SSSR count). The highest BCUT2D eigenvalue weighted by atomic mass is 35.5. The summed E-state index contributed by atoms with van der Waals surface area (Å²) in [6.45, 7) is 5.89. The van der Waals surface area contributed by atoms with Crippen molar-refractivity contribution >= 4 is 29.3 Å². The summed E-state index contributed by atoms with van der Waals surface area (Å²) in [5, 5.41) is 6.13. The van der Waals surface area contributed by atoms with Crippen molar-refractivity contribution < 1.29 is 14.3 Å². The first-order valence-electron chi connectivity index (χ1n) is 10.6. The van der Waals surface area contributed by atoms with Gasteiger partial charge in [0.2, 0.25) is 0 Å². The molecular formula is C24H27ClN4O3. The zero-order valence-electron chi connectivity index (χ0n) is 18.2. The Morgan fingerprint density at radius 2 is 1.88 bits per heavy atom. The Balaban J connectivity index is 1.55. The van der Waals surface area contributed by atoms with E-state index < -0.39 is 12.0 Å². The van der Waals surface area contributed by atoms with Gasteiger partial charge in [0, 0.05) is 49.1 Å². The van der Waals surface area contributed by atoms with Gasteiger partial charge in [-0.15, -0.1) is 0 Å². The molecule has 1 unspecified atom stereocenters. The number of nitrogens with zero attached hydrogens (tertiary/aromatic N) is 2. The Hall–Kier alpha value is -3.03. The number of benzene rings is 2. The molecule has 0 radical (unpaired) electrons. The first kappa shape index (κ1) is 22.2. The van der Waals surface area contributed by atoms with Gasteiger partial charge < -0.3 is 20.3 Å². The van der Waals surface area contributed by atoms with Crippen molar-refractivity contribution in [3.63, 3.8) is 0 Å². The van der Waals surface area contributed by atoms with Gasteiger partial charge in [-0.25, -0.2) is 9.59 Å². The standard InChI is InChI=1S/C24H27ClN4O3/c1-16-6-5-7-17(14-16)29-12-10-28(11-13-29)15-20-21(23(30)32-2)22(27-24(31)26-20)18-8-3-4-9-19(18)25/h3-9,14,22H,10-13,15H2,1-2H3,(H2,26,27,31). The summed E-state index contributed by atoms with van der Waals surface area (Å²) in [6.07, 6.45) is 0. The summed E-state index contributed by atoms with van der Waals surface area (Å²) in [4.78, 5) is 29.8. The number of urea groups is 1. The zero-order valence-corrected chi connectivity index (χ0v) is 19.0. The molecule has 2 aromatic rings. The summed E-state index contributed by atoms with van der Waals surface area (Å²) >= 11 is 6.38. The molecule has 2 aliphatic heterocycles. The summed E-state index contributed by atoms with van der Waals surface area (Å²) in [6, 6.07) is 14.6. The average molecular weight is 455 g/mol. The number of esters is 1. The number of aryl methyl sites for hydroxylation is 1. The number of methoxy groups -OCH3 is 1. The summed E-state index contributed by atoms with van der Waals surface area (Å²) in [5.41, 5.74) is 4.04. The van der Waals surface area contributed by atoms with Gasteiger partial charge >= 0.3 is 12.0 Å². The molecule has 0 spiro atoms. The molecule has 0 aliphatic carbocycles. The number of carbonyl (C=O) groups is 2. The molecule has 2 aromatic carbocycles. The number of carbonyl (C=O) groups excluding carboxylic acids is 2. The molecule has 2 heterocycles. The fourth-order valence-corrected chi connectivity index (χ4v) is 4.49. The van der Waals surface area contributed by atoms with E-state index in [0.29, 0.717) is 28.4 Å². The molecule has 1 atom stereocenters. The lowest BCUT2D eigenvalue weighted by molar-refractivity contribution is -0.136. The van der Waals surface area contributed by atoms with Crippen molar-refractivity contribution in [1.29, 1.82) is 0 Å². The van der Waals surface area contributed by atoms with Gasteiger partial charge in [-0.1, -0.05) is 41.9 Å². The number of hydrogen-bond acceptors (Lipinski definition) is 5. The number of hydrogen-bond donors (Lipinski definition) is 2. The summed E-state index contributed by atoms with van der Waals surface area (Å²) < 4.78 is 5.06. The van der Waals surface area contributed by atoms with Crippen LogP contribution in [0.3, 0.4) is 0 Å². The van der Waals surface area contributed by atoms with Gasteiger partial charge in [0.05, 0.1) is 18.7 Å². The van der Waals surface area contributed by atoms with E-state index in [-0.39, 0.29) is 6.03 Å². The van der Waals surface area contributed by atoms with Gasteiger partial charge in [0.1, 0.15) is 0 Å². The van der Waals surface area contributed by atoms with E-state index >= 15 is 0 Å². The van der Waals surface area contributed by atoms with Crippen LogP contribution in [0.25, 0.3) is 0 Å². The van der Waals surface area contributed by atoms with E-state index in [1.54, 1.807) is 12.1 Å². The van der Waals surface area contributed by atoms with E-state index in [1.807, 2.05) is 12.1 Å². The van der Waals surface area contributed by atoms with Gasteiger partial charge in [0.15, 0.2) is 0 Å². The number of ether oxygens (including phenoxy) is 1. The monoisotopic (exact) mass is 454 g/mol. The normalized spacial score (nSPS) is 19.4. The lowest BCUT2D eigenvalue weighted by Gasteiger charge is -2.38. The Bertz CT molecular complexity index is 1050. The highest BCUT2D eigenvalue weighted by Crippen LogP contribution is 2.32. The molecule has 2 aliphatic rings. The van der Waals surface area contributed by atoms with Gasteiger partial charge in [-0.2, -0.15) is 0 Å². The maximum atomic E-state index is 12.7. The van der Waals surface area contributed by atoms with Crippen LogP contribution in [0.2, 0.25) is 5.02 Å². The predicted molar refractivity (Wildman–Crippen MR) is 125 cm³/mol. The second-order valence-corrected chi connectivity index (χ2v) is 8.45. The van der Waals surface area contributed by atoms with Crippen LogP contribution in [-0.2, 0) is 9.53 Å². The minimum Gasteiger partial charge on any atom is -0.466 e. The molecule has 0 saturated carbocycles. The fourth-order valence-electron chi connectivity index (χ4n) is 4.25. The Labute approximate surface area is 193 Å². The highest BCUT2D eigenvalue weighted by molar-refractivity contribution is 6.31. The second kappa shape index (κ2) is 9.63. The maximum absolute atomic E-state index is 12.7. The minimum absolute atomic E-state index is 0.365. The van der Waals surface area contributed by atoms with Crippen molar-refractivity contribution in [2.45, 2.75) is 13.0 Å². The third-order valence-electron chi connectivity index (χ3n) is 5.90. The van der Waals surface area contributed by atoms with Crippen molar-refractivity contribution in [3.8, 4) is 0 Å². The number of rotatable bonds is 5. The largest absolute Gasteiger partial charge is 0.466 e. The molecule has 2 N–H and O–H groups in total. The zero-order chi connectivity index (χ0) is 22.7. The maximum Gasteiger partial charge on any atom is 0.338 e. The van der Waals surface area contributed by atoms with Crippen molar-refractivity contribution in [2.24, 2.45) is 0 Å². The molecule has 168 valence electrons. The van der Waals surface area contributed by atoms with Crippen molar-refractivity contribution in [3.05, 3.63) is 76.0 Å². The van der Waals surface area contributed by atoms with Crippen LogP contribution >= 0.6 is 11.6 Å². The van der Waals surface area contributed by atoms with Crippen molar-refractivity contribution in [1.82, 2.24) is 15.5 Å². The van der Waals surface area contributed by atoms with Gasteiger partial charge in [0.25, 0.3) is 0 Å². The van der Waals surface area contributed by atoms with Gasteiger partial charge in [-0.3, -0.25) is 4.90 Å². The Morgan fingerprint density at radius 1 is 1.12 bits per heavy atom. The van der Waals surface area contributed by atoms with Crippen LogP contribution in [0, 0.1) is 6.92 Å². The molecule has 2 amide bonds. The summed E-state index contributed by atoms with van der Waals surface area (Å²) in [7, 11) is 1.34. The van der Waals surface area contributed by atoms with E-state index in [9.17, 15) is 9.59 Å². The Morgan fingerprint density at radius 3 is 2.56 bits per heavy atom. The molecule has 32 heavy (non-hydrogen) atoms. The topological polar surface area (TPSA) is 73.9 Å². The predicted octanol–water partition coefficient (Wildman–Crippen LogP) is 3.25. The van der Waals surface area contributed by atoms with E-state index in [4.69, 9.17) is 16.3 Å².